The minimum atomic E-state index is 0. The normalized spacial score (nSPS) is 15.0. The fourth-order valence-electron chi connectivity index (χ4n) is 1.01. The maximum atomic E-state index is 3.68. The van der Waals surface area contributed by atoms with Gasteiger partial charge in [-0.2, -0.15) is 0 Å². The summed E-state index contributed by atoms with van der Waals surface area (Å²) in [5, 5.41) is 0. The van der Waals surface area contributed by atoms with Crippen LogP contribution in [0.25, 0.3) is 0 Å². The second-order valence-electron chi connectivity index (χ2n) is 2.40. The smallest absolute Gasteiger partial charge is 0.0896 e. The fraction of sp³-hybridized carbons (Fsp3) is 0.500. The molecule has 0 radical (unpaired) electrons. The van der Waals surface area contributed by atoms with Gasteiger partial charge in [0.05, 0.1) is 6.67 Å². The Hall–Kier alpha value is -0.440. The van der Waals surface area contributed by atoms with Gasteiger partial charge in [0.15, 0.2) is 0 Å². The average molecular weight is 219 g/mol. The molecule has 1 aliphatic rings. The van der Waals surface area contributed by atoms with E-state index in [4.69, 9.17) is 0 Å². The van der Waals surface area contributed by atoms with Crippen molar-refractivity contribution in [3.05, 3.63) is 25.1 Å². The van der Waals surface area contributed by atoms with E-state index in [9.17, 15) is 0 Å². The Bertz CT molecular complexity index is 145. The van der Waals surface area contributed by atoms with Gasteiger partial charge in [0.25, 0.3) is 0 Å². The summed E-state index contributed by atoms with van der Waals surface area (Å²) in [6.07, 6.45) is 6.14. The summed E-state index contributed by atoms with van der Waals surface area (Å²) < 4.78 is 0. The first-order chi connectivity index (χ1) is 4.86. The molecule has 0 N–H and O–H groups in total. The maximum Gasteiger partial charge on any atom is 0.0896 e. The van der Waals surface area contributed by atoms with E-state index < -0.39 is 0 Å². The number of hydrogen-bond donors (Lipinski definition) is 0. The highest BCUT2D eigenvalue weighted by atomic mass is 79.9. The van der Waals surface area contributed by atoms with Crippen molar-refractivity contribution in [2.24, 2.45) is 0 Å². The number of rotatable bonds is 3. The summed E-state index contributed by atoms with van der Waals surface area (Å²) in [5.41, 5.74) is 0. The van der Waals surface area contributed by atoms with E-state index in [1.165, 1.54) is 0 Å². The molecule has 2 nitrogen and oxygen atoms in total. The Balaban J connectivity index is 0.000001000. The minimum Gasteiger partial charge on any atom is -0.359 e. The summed E-state index contributed by atoms with van der Waals surface area (Å²) in [5.74, 6) is 0. The molecular formula is C8H15BrN2. The SMILES string of the molecule is Br.C=CCN1C=CN(CC)C1. The Kier molecular flexibility index (Phi) is 5.03. The highest BCUT2D eigenvalue weighted by Crippen LogP contribution is 2.04. The van der Waals surface area contributed by atoms with Crippen molar-refractivity contribution in [2.75, 3.05) is 19.8 Å². The summed E-state index contributed by atoms with van der Waals surface area (Å²) in [4.78, 5) is 4.47. The van der Waals surface area contributed by atoms with Gasteiger partial charge in [-0.25, -0.2) is 0 Å². The van der Waals surface area contributed by atoms with Crippen molar-refractivity contribution >= 4 is 17.0 Å². The predicted octanol–water partition coefficient (Wildman–Crippen LogP) is 1.82. The maximum absolute atomic E-state index is 3.68. The highest BCUT2D eigenvalue weighted by Gasteiger charge is 2.06. The van der Waals surface area contributed by atoms with E-state index in [1.807, 2.05) is 6.08 Å². The Morgan fingerprint density at radius 1 is 1.45 bits per heavy atom. The molecule has 0 aromatic rings. The summed E-state index contributed by atoms with van der Waals surface area (Å²) in [7, 11) is 0. The van der Waals surface area contributed by atoms with Crippen LogP contribution in [0.4, 0.5) is 0 Å². The molecule has 0 saturated heterocycles. The van der Waals surface area contributed by atoms with Crippen LogP contribution in [0, 0.1) is 0 Å². The van der Waals surface area contributed by atoms with Gasteiger partial charge in [-0.05, 0) is 6.92 Å². The molecule has 0 atom stereocenters. The van der Waals surface area contributed by atoms with Gasteiger partial charge >= 0.3 is 0 Å². The number of hydrogen-bond acceptors (Lipinski definition) is 2. The van der Waals surface area contributed by atoms with Crippen LogP contribution in [0.5, 0.6) is 0 Å². The van der Waals surface area contributed by atoms with Crippen molar-refractivity contribution in [1.82, 2.24) is 9.80 Å². The average Bonchev–Trinajstić information content (AvgIpc) is 2.37. The molecule has 64 valence electrons. The van der Waals surface area contributed by atoms with Crippen molar-refractivity contribution in [2.45, 2.75) is 6.92 Å². The van der Waals surface area contributed by atoms with Crippen LogP contribution in [0.1, 0.15) is 6.92 Å². The first-order valence-electron chi connectivity index (χ1n) is 3.64. The lowest BCUT2D eigenvalue weighted by Gasteiger charge is -2.17. The van der Waals surface area contributed by atoms with Crippen LogP contribution in [0.2, 0.25) is 0 Å². The molecule has 11 heavy (non-hydrogen) atoms. The van der Waals surface area contributed by atoms with E-state index in [0.717, 1.165) is 19.8 Å². The number of halogens is 1. The Morgan fingerprint density at radius 2 is 2.09 bits per heavy atom. The third-order valence-electron chi connectivity index (χ3n) is 1.62. The van der Waals surface area contributed by atoms with E-state index >= 15 is 0 Å². The summed E-state index contributed by atoms with van der Waals surface area (Å²) in [6.45, 7) is 8.89. The molecular weight excluding hydrogens is 204 g/mol. The van der Waals surface area contributed by atoms with E-state index in [1.54, 1.807) is 0 Å². The van der Waals surface area contributed by atoms with Crippen LogP contribution in [0.3, 0.4) is 0 Å². The van der Waals surface area contributed by atoms with Gasteiger partial charge < -0.3 is 9.80 Å². The van der Waals surface area contributed by atoms with Crippen molar-refractivity contribution < 1.29 is 0 Å². The van der Waals surface area contributed by atoms with Crippen molar-refractivity contribution in [1.29, 1.82) is 0 Å². The molecule has 0 amide bonds. The molecule has 1 rings (SSSR count). The quantitative estimate of drug-likeness (QED) is 0.668. The molecule has 0 unspecified atom stereocenters. The standard InChI is InChI=1S/C8H14N2.BrH/c1-3-5-10-7-6-9(4-2)8-10;/h3,6-7H,1,4-5,8H2,2H3;1H. The van der Waals surface area contributed by atoms with E-state index in [2.05, 4.69) is 35.7 Å². The lowest BCUT2D eigenvalue weighted by Crippen LogP contribution is -2.24. The zero-order valence-electron chi connectivity index (χ0n) is 6.86. The Morgan fingerprint density at radius 3 is 2.55 bits per heavy atom. The Labute approximate surface area is 78.9 Å². The third kappa shape index (κ3) is 2.97. The highest BCUT2D eigenvalue weighted by molar-refractivity contribution is 8.93. The lowest BCUT2D eigenvalue weighted by molar-refractivity contribution is 0.291. The molecule has 0 aromatic carbocycles. The molecule has 0 aromatic heterocycles. The van der Waals surface area contributed by atoms with Gasteiger partial charge in [0.1, 0.15) is 0 Å². The second-order valence-corrected chi connectivity index (χ2v) is 2.40. The van der Waals surface area contributed by atoms with Crippen LogP contribution in [-0.2, 0) is 0 Å². The zero-order chi connectivity index (χ0) is 7.40. The molecule has 0 saturated carbocycles. The van der Waals surface area contributed by atoms with E-state index in [-0.39, 0.29) is 17.0 Å². The largest absolute Gasteiger partial charge is 0.359 e. The van der Waals surface area contributed by atoms with Crippen LogP contribution in [-0.4, -0.2) is 29.6 Å². The molecule has 1 heterocycles. The zero-order valence-corrected chi connectivity index (χ0v) is 8.58. The van der Waals surface area contributed by atoms with Crippen molar-refractivity contribution in [3.8, 4) is 0 Å². The summed E-state index contributed by atoms with van der Waals surface area (Å²) >= 11 is 0. The lowest BCUT2D eigenvalue weighted by atomic mass is 10.6. The van der Waals surface area contributed by atoms with Crippen LogP contribution in [0.15, 0.2) is 25.1 Å². The van der Waals surface area contributed by atoms with Gasteiger partial charge in [0.2, 0.25) is 0 Å². The minimum absolute atomic E-state index is 0. The topological polar surface area (TPSA) is 6.48 Å². The van der Waals surface area contributed by atoms with E-state index in [0.29, 0.717) is 0 Å². The van der Waals surface area contributed by atoms with Gasteiger partial charge in [-0.1, -0.05) is 6.08 Å². The van der Waals surface area contributed by atoms with Gasteiger partial charge in [0, 0.05) is 25.5 Å². The molecule has 0 bridgehead atoms. The first-order valence-corrected chi connectivity index (χ1v) is 3.64. The van der Waals surface area contributed by atoms with Crippen LogP contribution >= 0.6 is 17.0 Å². The predicted molar refractivity (Wildman–Crippen MR) is 53.6 cm³/mol. The van der Waals surface area contributed by atoms with Crippen molar-refractivity contribution in [3.63, 3.8) is 0 Å². The summed E-state index contributed by atoms with van der Waals surface area (Å²) in [6, 6.07) is 0. The van der Waals surface area contributed by atoms with Gasteiger partial charge in [-0.3, -0.25) is 0 Å². The number of nitrogens with zero attached hydrogens (tertiary/aromatic N) is 2. The molecule has 3 heteroatoms. The van der Waals surface area contributed by atoms with Crippen LogP contribution < -0.4 is 0 Å². The molecule has 0 aliphatic carbocycles. The molecule has 0 spiro atoms. The molecule has 0 fully saturated rings. The first kappa shape index (κ1) is 10.6. The second kappa shape index (κ2) is 5.24. The third-order valence-corrected chi connectivity index (χ3v) is 1.62. The molecule has 1 aliphatic heterocycles. The monoisotopic (exact) mass is 218 g/mol. The van der Waals surface area contributed by atoms with Gasteiger partial charge in [-0.15, -0.1) is 23.6 Å². The fourth-order valence-corrected chi connectivity index (χ4v) is 1.01.